The van der Waals surface area contributed by atoms with Crippen molar-refractivity contribution in [2.24, 2.45) is 0 Å². The summed E-state index contributed by atoms with van der Waals surface area (Å²) >= 11 is 0. The van der Waals surface area contributed by atoms with Crippen molar-refractivity contribution in [3.63, 3.8) is 0 Å². The minimum Gasteiger partial charge on any atom is -0.393 e. The molecule has 9 heteroatoms. The lowest BCUT2D eigenvalue weighted by molar-refractivity contribution is 0.102. The molecule has 0 bridgehead atoms. The minimum atomic E-state index is -3.60. The van der Waals surface area contributed by atoms with E-state index >= 15 is 0 Å². The Morgan fingerprint density at radius 3 is 2.47 bits per heavy atom. The molecule has 0 saturated carbocycles. The number of aliphatic hydroxyl groups is 2. The first kappa shape index (κ1) is 26.2. The third-order valence-corrected chi connectivity index (χ3v) is 6.79. The van der Waals surface area contributed by atoms with Crippen LogP contribution in [0.2, 0.25) is 0 Å². The van der Waals surface area contributed by atoms with Gasteiger partial charge in [-0.1, -0.05) is 45.9 Å². The highest BCUT2D eigenvalue weighted by atomic mass is 32.2. The maximum Gasteiger partial charge on any atom is 0.239 e. The first-order valence-corrected chi connectivity index (χ1v) is 12.6. The van der Waals surface area contributed by atoms with E-state index in [0.29, 0.717) is 29.8 Å². The number of nitrogens with zero attached hydrogens (tertiary/aromatic N) is 3. The van der Waals surface area contributed by atoms with E-state index in [1.807, 2.05) is 27.7 Å². The van der Waals surface area contributed by atoms with Crippen molar-refractivity contribution in [1.82, 2.24) is 9.97 Å². The van der Waals surface area contributed by atoms with Gasteiger partial charge >= 0.3 is 0 Å². The fraction of sp³-hybridized carbons (Fsp3) is 0.565. The van der Waals surface area contributed by atoms with Crippen LogP contribution in [0.15, 0.2) is 30.1 Å². The lowest BCUT2D eigenvalue weighted by atomic mass is 9.77. The molecule has 0 radical (unpaired) electrons. The molecule has 1 aliphatic carbocycles. The molecule has 0 amide bonds. The van der Waals surface area contributed by atoms with Gasteiger partial charge in [0.15, 0.2) is 0 Å². The molecule has 2 N–H and O–H groups in total. The van der Waals surface area contributed by atoms with Gasteiger partial charge in [-0.15, -0.1) is 0 Å². The van der Waals surface area contributed by atoms with E-state index in [-0.39, 0.29) is 24.1 Å². The lowest BCUT2D eigenvalue weighted by Gasteiger charge is -2.30. The summed E-state index contributed by atoms with van der Waals surface area (Å²) < 4.78 is 39.0. The number of anilines is 1. The van der Waals surface area contributed by atoms with Crippen LogP contribution < -0.4 is 4.31 Å². The zero-order valence-corrected chi connectivity index (χ0v) is 20.4. The topological polar surface area (TPSA) is 104 Å². The van der Waals surface area contributed by atoms with Crippen molar-refractivity contribution < 1.29 is 23.0 Å². The molecule has 178 valence electrons. The Kier molecular flexibility index (Phi) is 8.36. The predicted octanol–water partition coefficient (Wildman–Crippen LogP) is 3.60. The van der Waals surface area contributed by atoms with Crippen LogP contribution in [0.4, 0.5) is 10.3 Å². The number of halogens is 1. The Morgan fingerprint density at radius 2 is 1.97 bits per heavy atom. The van der Waals surface area contributed by atoms with Gasteiger partial charge < -0.3 is 10.2 Å². The number of aliphatic hydroxyl groups excluding tert-OH is 2. The Hall–Kier alpha value is -2.10. The molecule has 0 aliphatic heterocycles. The average Bonchev–Trinajstić information content (AvgIpc) is 2.72. The molecule has 0 aromatic carbocycles. The SMILES string of the molecule is CCC(O)CC(O)/C=C/c1c(C(C)C)nc(N(C)S(C)(=O)=O)nc1C1(C)C=CC(F)=CC1. The molecule has 1 aliphatic rings. The summed E-state index contributed by atoms with van der Waals surface area (Å²) in [7, 11) is -2.21. The third kappa shape index (κ3) is 6.24. The molecule has 7 nitrogen and oxygen atoms in total. The summed E-state index contributed by atoms with van der Waals surface area (Å²) in [4.78, 5) is 9.14. The van der Waals surface area contributed by atoms with Gasteiger partial charge in [0.05, 0.1) is 29.9 Å². The van der Waals surface area contributed by atoms with Crippen molar-refractivity contribution in [2.75, 3.05) is 17.6 Å². The van der Waals surface area contributed by atoms with Crippen LogP contribution >= 0.6 is 0 Å². The van der Waals surface area contributed by atoms with E-state index in [0.717, 1.165) is 10.6 Å². The maximum absolute atomic E-state index is 13.7. The standard InChI is InChI=1S/C23H34FN3O4S/c1-7-17(28)14-18(29)8-9-19-20(15(2)3)25-22(27(5)32(6,30)31)26-21(19)23(4)12-10-16(24)11-13-23/h8-12,15,17-18,28-29H,7,13-14H2,1-6H3/b9-8+. The van der Waals surface area contributed by atoms with Gasteiger partial charge in [-0.25, -0.2) is 27.1 Å². The number of rotatable bonds is 9. The largest absolute Gasteiger partial charge is 0.393 e. The van der Waals surface area contributed by atoms with Crippen LogP contribution in [0.3, 0.4) is 0 Å². The van der Waals surface area contributed by atoms with E-state index in [4.69, 9.17) is 0 Å². The van der Waals surface area contributed by atoms with Crippen LogP contribution in [0.5, 0.6) is 0 Å². The van der Waals surface area contributed by atoms with E-state index in [2.05, 4.69) is 9.97 Å². The maximum atomic E-state index is 13.7. The fourth-order valence-corrected chi connectivity index (χ4v) is 3.80. The number of hydrogen-bond acceptors (Lipinski definition) is 6. The average molecular weight is 468 g/mol. The molecular formula is C23H34FN3O4S. The lowest BCUT2D eigenvalue weighted by Crippen LogP contribution is -2.31. The summed E-state index contributed by atoms with van der Waals surface area (Å²) in [6, 6.07) is 0. The number of sulfonamides is 1. The Labute approximate surface area is 190 Å². The molecular weight excluding hydrogens is 433 g/mol. The zero-order chi connectivity index (χ0) is 24.3. The van der Waals surface area contributed by atoms with Crippen LogP contribution in [0.25, 0.3) is 6.08 Å². The summed E-state index contributed by atoms with van der Waals surface area (Å²) in [6.45, 7) is 7.61. The van der Waals surface area contributed by atoms with Gasteiger partial charge in [0.25, 0.3) is 0 Å². The summed E-state index contributed by atoms with van der Waals surface area (Å²) in [6.07, 6.45) is 8.51. The Bertz CT molecular complexity index is 1020. The Morgan fingerprint density at radius 1 is 1.31 bits per heavy atom. The van der Waals surface area contributed by atoms with Crippen LogP contribution in [-0.2, 0) is 15.4 Å². The highest BCUT2D eigenvalue weighted by Gasteiger charge is 2.33. The molecule has 1 aromatic heterocycles. The second-order valence-electron chi connectivity index (χ2n) is 8.82. The summed E-state index contributed by atoms with van der Waals surface area (Å²) in [5.41, 5.74) is 1.10. The second-order valence-corrected chi connectivity index (χ2v) is 10.8. The van der Waals surface area contributed by atoms with Crippen molar-refractivity contribution in [1.29, 1.82) is 0 Å². The highest BCUT2D eigenvalue weighted by molar-refractivity contribution is 7.92. The van der Waals surface area contributed by atoms with E-state index in [1.54, 1.807) is 18.2 Å². The van der Waals surface area contributed by atoms with Gasteiger partial charge in [-0.05, 0) is 30.9 Å². The normalized spacial score (nSPS) is 21.1. The fourth-order valence-electron chi connectivity index (χ4n) is 3.42. The molecule has 3 atom stereocenters. The van der Waals surface area contributed by atoms with Crippen molar-refractivity contribution in [2.45, 2.75) is 70.5 Å². The first-order chi connectivity index (χ1) is 14.8. The van der Waals surface area contributed by atoms with Crippen LogP contribution in [0, 0.1) is 0 Å². The molecule has 0 saturated heterocycles. The number of hydrogen-bond donors (Lipinski definition) is 2. The van der Waals surface area contributed by atoms with Crippen molar-refractivity contribution in [3.8, 4) is 0 Å². The number of aromatic nitrogens is 2. The van der Waals surface area contributed by atoms with Crippen molar-refractivity contribution in [3.05, 3.63) is 47.1 Å². The minimum absolute atomic E-state index is 0.0370. The molecule has 0 fully saturated rings. The van der Waals surface area contributed by atoms with Gasteiger partial charge in [0, 0.05) is 24.4 Å². The third-order valence-electron chi connectivity index (χ3n) is 5.63. The number of allylic oxidation sites excluding steroid dienone is 4. The first-order valence-electron chi connectivity index (χ1n) is 10.7. The predicted molar refractivity (Wildman–Crippen MR) is 126 cm³/mol. The van der Waals surface area contributed by atoms with Gasteiger partial charge in [-0.2, -0.15) is 0 Å². The monoisotopic (exact) mass is 467 g/mol. The Balaban J connectivity index is 2.70. The highest BCUT2D eigenvalue weighted by Crippen LogP contribution is 2.38. The van der Waals surface area contributed by atoms with Crippen LogP contribution in [-0.4, -0.2) is 54.1 Å². The van der Waals surface area contributed by atoms with Gasteiger partial charge in [0.2, 0.25) is 16.0 Å². The quantitative estimate of drug-likeness (QED) is 0.575. The second kappa shape index (κ2) is 10.2. The summed E-state index contributed by atoms with van der Waals surface area (Å²) in [5.74, 6) is -0.380. The van der Waals surface area contributed by atoms with Crippen LogP contribution in [0.1, 0.15) is 69.8 Å². The zero-order valence-electron chi connectivity index (χ0n) is 19.6. The molecule has 1 heterocycles. The van der Waals surface area contributed by atoms with E-state index in [1.165, 1.54) is 19.2 Å². The molecule has 3 unspecified atom stereocenters. The van der Waals surface area contributed by atoms with Crippen molar-refractivity contribution >= 4 is 22.0 Å². The van der Waals surface area contributed by atoms with Gasteiger partial charge in [0.1, 0.15) is 5.83 Å². The molecule has 1 aromatic rings. The molecule has 2 rings (SSSR count). The van der Waals surface area contributed by atoms with Gasteiger partial charge in [-0.3, -0.25) is 0 Å². The smallest absolute Gasteiger partial charge is 0.239 e. The molecule has 32 heavy (non-hydrogen) atoms. The molecule has 0 spiro atoms. The summed E-state index contributed by atoms with van der Waals surface area (Å²) in [5, 5.41) is 20.2. The van der Waals surface area contributed by atoms with E-state index < -0.39 is 27.6 Å². The van der Waals surface area contributed by atoms with E-state index in [9.17, 15) is 23.0 Å².